The van der Waals surface area contributed by atoms with Gasteiger partial charge in [0.05, 0.1) is 0 Å². The van der Waals surface area contributed by atoms with Gasteiger partial charge in [-0.1, -0.05) is 30.1 Å². The summed E-state index contributed by atoms with van der Waals surface area (Å²) in [4.78, 5) is 6.87. The first-order valence-electron chi connectivity index (χ1n) is 8.75. The maximum atomic E-state index is 6.04. The first kappa shape index (κ1) is 22.8. The molecule has 1 aromatic rings. The van der Waals surface area contributed by atoms with E-state index >= 15 is 0 Å². The third-order valence-electron chi connectivity index (χ3n) is 4.32. The van der Waals surface area contributed by atoms with Crippen molar-refractivity contribution in [3.8, 4) is 0 Å². The summed E-state index contributed by atoms with van der Waals surface area (Å²) in [7, 11) is 1.82. The van der Waals surface area contributed by atoms with Crippen molar-refractivity contribution in [1.82, 2.24) is 15.5 Å². The van der Waals surface area contributed by atoms with Crippen LogP contribution in [0.15, 0.2) is 23.2 Å². The number of guanidine groups is 1. The molecule has 0 atom stereocenters. The molecule has 142 valence electrons. The molecule has 7 heteroatoms. The number of nitrogens with zero attached hydrogens (tertiary/aromatic N) is 2. The molecule has 0 amide bonds. The molecule has 2 rings (SSSR count). The van der Waals surface area contributed by atoms with Crippen molar-refractivity contribution in [2.24, 2.45) is 4.99 Å². The number of aliphatic imine (C=N–C) groups is 1. The number of nitrogens with one attached hydrogen (secondary N) is 2. The quantitative estimate of drug-likeness (QED) is 0.351. The van der Waals surface area contributed by atoms with Crippen LogP contribution in [0.2, 0.25) is 10.0 Å². The van der Waals surface area contributed by atoms with Crippen LogP contribution in [0.3, 0.4) is 0 Å². The Kier molecular flexibility index (Phi) is 11.1. The fourth-order valence-electron chi connectivity index (χ4n) is 3.09. The molecule has 0 aromatic heterocycles. The summed E-state index contributed by atoms with van der Waals surface area (Å²) in [5.41, 5.74) is 1.13. The van der Waals surface area contributed by atoms with E-state index in [0.717, 1.165) is 24.5 Å². The summed E-state index contributed by atoms with van der Waals surface area (Å²) in [6.45, 7) is 6.59. The highest BCUT2D eigenvalue weighted by Gasteiger charge is 2.19. The zero-order valence-electron chi connectivity index (χ0n) is 15.0. The molecule has 1 aromatic carbocycles. The summed E-state index contributed by atoms with van der Waals surface area (Å²) in [5, 5.41) is 8.28. The van der Waals surface area contributed by atoms with Gasteiger partial charge in [0.15, 0.2) is 5.96 Å². The Bertz CT molecular complexity index is 526. The fraction of sp³-hybridized carbons (Fsp3) is 0.611. The van der Waals surface area contributed by atoms with Crippen molar-refractivity contribution >= 4 is 53.1 Å². The maximum Gasteiger partial charge on any atom is 0.191 e. The van der Waals surface area contributed by atoms with Crippen LogP contribution in [0.4, 0.5) is 0 Å². The van der Waals surface area contributed by atoms with Crippen LogP contribution in [-0.4, -0.2) is 50.1 Å². The van der Waals surface area contributed by atoms with Gasteiger partial charge in [-0.25, -0.2) is 0 Å². The molecule has 0 unspecified atom stereocenters. The maximum absolute atomic E-state index is 6.04. The minimum atomic E-state index is 0. The molecule has 1 aliphatic heterocycles. The third kappa shape index (κ3) is 8.33. The molecule has 4 nitrogen and oxygen atoms in total. The van der Waals surface area contributed by atoms with Crippen LogP contribution >= 0.6 is 47.2 Å². The number of hydrogen-bond donors (Lipinski definition) is 2. The predicted octanol–water partition coefficient (Wildman–Crippen LogP) is 4.19. The van der Waals surface area contributed by atoms with E-state index in [4.69, 9.17) is 23.2 Å². The fourth-order valence-corrected chi connectivity index (χ4v) is 3.66. The zero-order valence-corrected chi connectivity index (χ0v) is 18.9. The molecule has 0 aliphatic carbocycles. The molecule has 25 heavy (non-hydrogen) atoms. The predicted molar refractivity (Wildman–Crippen MR) is 120 cm³/mol. The minimum absolute atomic E-state index is 0. The molecule has 1 saturated heterocycles. The first-order chi connectivity index (χ1) is 11.6. The van der Waals surface area contributed by atoms with E-state index in [1.807, 2.05) is 19.2 Å². The van der Waals surface area contributed by atoms with E-state index in [1.165, 1.54) is 38.9 Å². The minimum Gasteiger partial charge on any atom is -0.356 e. The van der Waals surface area contributed by atoms with Crippen molar-refractivity contribution in [2.45, 2.75) is 38.6 Å². The topological polar surface area (TPSA) is 39.7 Å². The van der Waals surface area contributed by atoms with Gasteiger partial charge in [0.1, 0.15) is 0 Å². The summed E-state index contributed by atoms with van der Waals surface area (Å²) >= 11 is 12.1. The van der Waals surface area contributed by atoms with Gasteiger partial charge in [0, 0.05) is 42.8 Å². The van der Waals surface area contributed by atoms with Gasteiger partial charge in [0.25, 0.3) is 0 Å². The van der Waals surface area contributed by atoms with Gasteiger partial charge in [-0.2, -0.15) is 0 Å². The number of piperidine rings is 1. The first-order valence-corrected chi connectivity index (χ1v) is 9.50. The van der Waals surface area contributed by atoms with E-state index in [1.54, 1.807) is 6.07 Å². The standard InChI is InChI=1S/C18H28Cl2N4.HI/c1-3-8-24-9-5-17(6-10-24)23-18(21-2)22-7-4-14-11-15(19)13-16(20)12-14;/h11-13,17H,3-10H2,1-2H3,(H2,21,22,23);1H. The lowest BCUT2D eigenvalue weighted by Crippen LogP contribution is -2.49. The van der Waals surface area contributed by atoms with Gasteiger partial charge in [-0.05, 0) is 56.0 Å². The molecule has 0 bridgehead atoms. The molecule has 1 aliphatic rings. The SMILES string of the molecule is CCCN1CCC(NC(=NC)NCCc2cc(Cl)cc(Cl)c2)CC1.I. The monoisotopic (exact) mass is 498 g/mol. The molecule has 0 spiro atoms. The van der Waals surface area contributed by atoms with Crippen LogP contribution in [0, 0.1) is 0 Å². The highest BCUT2D eigenvalue weighted by Crippen LogP contribution is 2.19. The number of halogens is 3. The van der Waals surface area contributed by atoms with E-state index < -0.39 is 0 Å². The van der Waals surface area contributed by atoms with Crippen molar-refractivity contribution in [1.29, 1.82) is 0 Å². The second-order valence-electron chi connectivity index (χ2n) is 6.29. The normalized spacial score (nSPS) is 16.4. The van der Waals surface area contributed by atoms with Crippen molar-refractivity contribution in [3.05, 3.63) is 33.8 Å². The van der Waals surface area contributed by atoms with Crippen LogP contribution < -0.4 is 10.6 Å². The Hall–Kier alpha value is -0.240. The van der Waals surface area contributed by atoms with Gasteiger partial charge < -0.3 is 15.5 Å². The number of likely N-dealkylation sites (tertiary alicyclic amines) is 1. The molecule has 0 radical (unpaired) electrons. The summed E-state index contributed by atoms with van der Waals surface area (Å²) < 4.78 is 0. The van der Waals surface area contributed by atoms with Crippen molar-refractivity contribution in [3.63, 3.8) is 0 Å². The largest absolute Gasteiger partial charge is 0.356 e. The molecule has 1 heterocycles. The summed E-state index contributed by atoms with van der Waals surface area (Å²) in [5.74, 6) is 0.872. The van der Waals surface area contributed by atoms with Crippen LogP contribution in [0.25, 0.3) is 0 Å². The van der Waals surface area contributed by atoms with Gasteiger partial charge in [0.2, 0.25) is 0 Å². The zero-order chi connectivity index (χ0) is 17.4. The van der Waals surface area contributed by atoms with Crippen LogP contribution in [-0.2, 0) is 6.42 Å². The third-order valence-corrected chi connectivity index (χ3v) is 4.76. The van der Waals surface area contributed by atoms with Gasteiger partial charge in [-0.3, -0.25) is 4.99 Å². The molecule has 2 N–H and O–H groups in total. The number of hydrogen-bond acceptors (Lipinski definition) is 2. The lowest BCUT2D eigenvalue weighted by atomic mass is 10.1. The van der Waals surface area contributed by atoms with Crippen molar-refractivity contribution in [2.75, 3.05) is 33.2 Å². The molecular formula is C18H29Cl2IN4. The van der Waals surface area contributed by atoms with E-state index in [-0.39, 0.29) is 24.0 Å². The lowest BCUT2D eigenvalue weighted by Gasteiger charge is -2.32. The van der Waals surface area contributed by atoms with E-state index in [0.29, 0.717) is 16.1 Å². The lowest BCUT2D eigenvalue weighted by molar-refractivity contribution is 0.206. The summed E-state index contributed by atoms with van der Waals surface area (Å²) in [6, 6.07) is 6.17. The van der Waals surface area contributed by atoms with E-state index in [9.17, 15) is 0 Å². The average molecular weight is 499 g/mol. The highest BCUT2D eigenvalue weighted by molar-refractivity contribution is 14.0. The molecule has 1 fully saturated rings. The Morgan fingerprint density at radius 2 is 1.84 bits per heavy atom. The second-order valence-corrected chi connectivity index (χ2v) is 7.16. The van der Waals surface area contributed by atoms with Gasteiger partial charge in [-0.15, -0.1) is 24.0 Å². The molecular weight excluding hydrogens is 470 g/mol. The van der Waals surface area contributed by atoms with Crippen molar-refractivity contribution < 1.29 is 0 Å². The number of benzene rings is 1. The smallest absolute Gasteiger partial charge is 0.191 e. The second kappa shape index (κ2) is 12.2. The van der Waals surface area contributed by atoms with E-state index in [2.05, 4.69) is 27.4 Å². The molecule has 0 saturated carbocycles. The highest BCUT2D eigenvalue weighted by atomic mass is 127. The average Bonchev–Trinajstić information content (AvgIpc) is 2.55. The Labute approximate surface area is 178 Å². The Balaban J connectivity index is 0.00000312. The van der Waals surface area contributed by atoms with Gasteiger partial charge >= 0.3 is 0 Å². The Morgan fingerprint density at radius 3 is 2.40 bits per heavy atom. The van der Waals surface area contributed by atoms with Crippen LogP contribution in [0.1, 0.15) is 31.7 Å². The Morgan fingerprint density at radius 1 is 1.20 bits per heavy atom. The van der Waals surface area contributed by atoms with Crippen LogP contribution in [0.5, 0.6) is 0 Å². The summed E-state index contributed by atoms with van der Waals surface area (Å²) in [6.07, 6.45) is 4.43. The number of rotatable bonds is 6.